The van der Waals surface area contributed by atoms with Crippen LogP contribution < -0.4 is 14.5 Å². The maximum atomic E-state index is 7.21. The third kappa shape index (κ3) is 5.88. The Hall–Kier alpha value is -8.24. The summed E-state index contributed by atoms with van der Waals surface area (Å²) in [6.07, 6.45) is 2.61. The first-order valence-electron chi connectivity index (χ1n) is 22.7. The molecule has 3 atom stereocenters. The number of furan rings is 1. The molecule has 0 saturated heterocycles. The van der Waals surface area contributed by atoms with Crippen LogP contribution in [0.15, 0.2) is 187 Å². The Morgan fingerprint density at radius 3 is 2.24 bits per heavy atom. The lowest BCUT2D eigenvalue weighted by molar-refractivity contribution is -0.294. The number of pyridine rings is 2. The molecule has 0 spiro atoms. The molecule has 4 aromatic heterocycles. The number of aromatic nitrogens is 3. The minimum atomic E-state index is -1.36. The van der Waals surface area contributed by atoms with Crippen LogP contribution in [0.3, 0.4) is 0 Å². The van der Waals surface area contributed by atoms with Gasteiger partial charge in [0.05, 0.1) is 35.1 Å². The quantitative estimate of drug-likeness (QED) is 0.165. The van der Waals surface area contributed by atoms with Crippen LogP contribution in [0.2, 0.25) is 0 Å². The molecule has 3 unspecified atom stereocenters. The van der Waals surface area contributed by atoms with Gasteiger partial charge in [0.2, 0.25) is 0 Å². The third-order valence-corrected chi connectivity index (χ3v) is 13.9. The highest BCUT2D eigenvalue weighted by Gasteiger charge is 2.51. The average molecular weight is 874 g/mol. The topological polar surface area (TPSA) is 101 Å². The minimum Gasteiger partial charge on any atom is -0.493 e. The number of ether oxygens (including phenoxy) is 1. The van der Waals surface area contributed by atoms with Crippen LogP contribution in [0, 0.1) is 0 Å². The number of para-hydroxylation sites is 5. The van der Waals surface area contributed by atoms with E-state index in [1.807, 2.05) is 79.0 Å². The first-order valence-corrected chi connectivity index (χ1v) is 22.7. The van der Waals surface area contributed by atoms with Crippen LogP contribution in [-0.2, 0) is 28.2 Å². The zero-order valence-electron chi connectivity index (χ0n) is 35.9. The Kier molecular flexibility index (Phi) is 8.47. The molecule has 3 aliphatic heterocycles. The lowest BCUT2D eigenvalue weighted by Crippen LogP contribution is -2.39. The highest BCUT2D eigenvalue weighted by Crippen LogP contribution is 2.56. The first-order chi connectivity index (χ1) is 33.2. The number of hydrogen-bond acceptors (Lipinski definition) is 8. The van der Waals surface area contributed by atoms with Gasteiger partial charge in [-0.3, -0.25) is 4.98 Å². The minimum absolute atomic E-state index is 0.179. The van der Waals surface area contributed by atoms with E-state index in [1.54, 1.807) is 0 Å². The van der Waals surface area contributed by atoms with Crippen molar-refractivity contribution < 1.29 is 28.7 Å². The van der Waals surface area contributed by atoms with Crippen LogP contribution in [0.25, 0.3) is 77.4 Å². The highest BCUT2D eigenvalue weighted by molar-refractivity contribution is 6.07. The second kappa shape index (κ2) is 14.9. The molecular formula is C58H39N3O6. The van der Waals surface area contributed by atoms with Crippen LogP contribution in [0.1, 0.15) is 33.9 Å². The number of benzene rings is 7. The summed E-state index contributed by atoms with van der Waals surface area (Å²) in [5, 5.41) is 4.98. The molecule has 67 heavy (non-hydrogen) atoms. The molecule has 0 aliphatic carbocycles. The Bertz CT molecular complexity index is 3780. The van der Waals surface area contributed by atoms with Gasteiger partial charge in [0.1, 0.15) is 23.2 Å². The number of nitrogens with one attached hydrogen (secondary N) is 1. The van der Waals surface area contributed by atoms with Crippen molar-refractivity contribution in [2.75, 3.05) is 6.61 Å². The van der Waals surface area contributed by atoms with E-state index in [0.29, 0.717) is 36.5 Å². The van der Waals surface area contributed by atoms with Crippen LogP contribution >= 0.6 is 0 Å². The molecule has 0 saturated carbocycles. The van der Waals surface area contributed by atoms with Gasteiger partial charge in [-0.05, 0) is 53.9 Å². The fourth-order valence-electron chi connectivity index (χ4n) is 10.8. The molecular weight excluding hydrogens is 835 g/mol. The Labute approximate surface area is 384 Å². The van der Waals surface area contributed by atoms with Crippen molar-refractivity contribution >= 4 is 43.5 Å². The Morgan fingerprint density at radius 1 is 0.597 bits per heavy atom. The molecule has 7 aromatic carbocycles. The highest BCUT2D eigenvalue weighted by atomic mass is 17.2. The molecule has 3 aliphatic rings. The van der Waals surface area contributed by atoms with E-state index < -0.39 is 5.60 Å². The summed E-state index contributed by atoms with van der Waals surface area (Å²) in [5.41, 5.74) is 9.97. The lowest BCUT2D eigenvalue weighted by atomic mass is 9.77. The van der Waals surface area contributed by atoms with Crippen molar-refractivity contribution in [3.8, 4) is 51.1 Å². The van der Waals surface area contributed by atoms with Gasteiger partial charge in [-0.25, -0.2) is 4.98 Å². The third-order valence-electron chi connectivity index (χ3n) is 13.9. The maximum Gasteiger partial charge on any atom is 0.189 e. The molecule has 0 radical (unpaired) electrons. The van der Waals surface area contributed by atoms with Gasteiger partial charge in [0, 0.05) is 85.0 Å². The number of rotatable bonds is 6. The molecule has 0 amide bonds. The standard InChI is InChI=1S/C58H39N3O6/c1-5-18-38-34(14-1)28-29-59-54(38)42-30-35-15-2-8-22-44(35)60-55(42)52-39-19-6-9-23-45(39)61-57(52)58(32-37-17-4-11-25-47(37)66-67-58)53-40-20-7-12-26-48(40)63-56(53)41-21-13-27-49-51(41)43(33-62-49)50-31-36-16-3-10-24-46(36)64-65-50/h1-30,43,50,61H,31-33H2. The van der Waals surface area contributed by atoms with Crippen molar-refractivity contribution in [1.82, 2.24) is 15.0 Å². The van der Waals surface area contributed by atoms with Gasteiger partial charge in [-0.15, -0.1) is 0 Å². The monoisotopic (exact) mass is 873 g/mol. The molecule has 322 valence electrons. The fourth-order valence-corrected chi connectivity index (χ4v) is 10.8. The van der Waals surface area contributed by atoms with Crippen molar-refractivity contribution in [3.63, 3.8) is 0 Å². The molecule has 14 rings (SSSR count). The predicted octanol–water partition coefficient (Wildman–Crippen LogP) is 13.2. The number of aromatic amines is 1. The molecule has 1 N–H and O–H groups in total. The van der Waals surface area contributed by atoms with E-state index in [0.717, 1.165) is 105 Å². The summed E-state index contributed by atoms with van der Waals surface area (Å²) in [7, 11) is 0. The molecule has 9 heteroatoms. The molecule has 9 nitrogen and oxygen atoms in total. The van der Waals surface area contributed by atoms with E-state index in [2.05, 4.69) is 108 Å². The van der Waals surface area contributed by atoms with E-state index >= 15 is 0 Å². The van der Waals surface area contributed by atoms with E-state index in [4.69, 9.17) is 38.7 Å². The van der Waals surface area contributed by atoms with Crippen molar-refractivity contribution in [3.05, 3.63) is 210 Å². The number of fused-ring (bicyclic) bond motifs is 7. The summed E-state index contributed by atoms with van der Waals surface area (Å²) < 4.78 is 13.7. The maximum absolute atomic E-state index is 7.21. The van der Waals surface area contributed by atoms with Gasteiger partial charge in [-0.2, -0.15) is 9.78 Å². The molecule has 7 heterocycles. The smallest absolute Gasteiger partial charge is 0.189 e. The first kappa shape index (κ1) is 38.1. The SMILES string of the molecule is c1ccc2c(c1)CC(C1COc3cccc(-c4oc5ccccc5c4C4(c5[nH]c6ccccc6c5-c5nc6ccccc6cc5-c5nccc6ccccc56)Cc5ccccc5OO4)c31)OO2. The van der Waals surface area contributed by atoms with Crippen LogP contribution in [-0.4, -0.2) is 27.7 Å². The zero-order valence-corrected chi connectivity index (χ0v) is 35.9. The summed E-state index contributed by atoms with van der Waals surface area (Å²) in [6, 6.07) is 59.7. The zero-order chi connectivity index (χ0) is 44.1. The van der Waals surface area contributed by atoms with Gasteiger partial charge in [0.15, 0.2) is 17.1 Å². The molecule has 0 bridgehead atoms. The number of hydrogen-bond donors (Lipinski definition) is 1. The number of nitrogens with zero attached hydrogens (tertiary/aromatic N) is 2. The van der Waals surface area contributed by atoms with E-state index in [-0.39, 0.29) is 12.0 Å². The molecule has 11 aromatic rings. The summed E-state index contributed by atoms with van der Waals surface area (Å²) in [4.78, 5) is 40.6. The van der Waals surface area contributed by atoms with E-state index in [1.165, 1.54) is 0 Å². The summed E-state index contributed by atoms with van der Waals surface area (Å²) in [6.45, 7) is 0.418. The van der Waals surface area contributed by atoms with Gasteiger partial charge < -0.3 is 23.9 Å². The average Bonchev–Trinajstić information content (AvgIpc) is 4.13. The fraction of sp³-hybridized carbons (Fsp3) is 0.103. The predicted molar refractivity (Wildman–Crippen MR) is 258 cm³/mol. The summed E-state index contributed by atoms with van der Waals surface area (Å²) >= 11 is 0. The van der Waals surface area contributed by atoms with Gasteiger partial charge in [0.25, 0.3) is 0 Å². The normalized spacial score (nSPS) is 18.6. The van der Waals surface area contributed by atoms with Gasteiger partial charge in [-0.1, -0.05) is 127 Å². The van der Waals surface area contributed by atoms with Crippen LogP contribution in [0.5, 0.6) is 17.2 Å². The van der Waals surface area contributed by atoms with Crippen molar-refractivity contribution in [2.45, 2.75) is 30.5 Å². The molecule has 0 fully saturated rings. The second-order valence-electron chi connectivity index (χ2n) is 17.6. The van der Waals surface area contributed by atoms with Crippen LogP contribution in [0.4, 0.5) is 0 Å². The summed E-state index contributed by atoms with van der Waals surface area (Å²) in [5.74, 6) is 2.62. The van der Waals surface area contributed by atoms with Crippen molar-refractivity contribution in [2.24, 2.45) is 0 Å². The van der Waals surface area contributed by atoms with Gasteiger partial charge >= 0.3 is 0 Å². The Balaban J connectivity index is 1.06. The second-order valence-corrected chi connectivity index (χ2v) is 17.6. The van der Waals surface area contributed by atoms with E-state index in [9.17, 15) is 0 Å². The largest absolute Gasteiger partial charge is 0.493 e. The Morgan fingerprint density at radius 2 is 1.33 bits per heavy atom. The lowest BCUT2D eigenvalue weighted by Gasteiger charge is -2.37. The number of H-pyrrole nitrogens is 1. The van der Waals surface area contributed by atoms with Crippen molar-refractivity contribution in [1.29, 1.82) is 0 Å².